The van der Waals surface area contributed by atoms with Gasteiger partial charge < -0.3 is 19.9 Å². The lowest BCUT2D eigenvalue weighted by molar-refractivity contribution is 0.236. The van der Waals surface area contributed by atoms with Crippen molar-refractivity contribution in [2.75, 3.05) is 13.7 Å². The third-order valence-corrected chi connectivity index (χ3v) is 4.06. The molecule has 5 heteroatoms. The Morgan fingerprint density at radius 1 is 1.21 bits per heavy atom. The number of aliphatic hydroxyl groups is 1. The molecule has 0 aliphatic rings. The zero-order valence-electron chi connectivity index (χ0n) is 14.1. The summed E-state index contributed by atoms with van der Waals surface area (Å²) in [4.78, 5) is 0. The quantitative estimate of drug-likeness (QED) is 0.723. The Morgan fingerprint density at radius 2 is 1.96 bits per heavy atom. The van der Waals surface area contributed by atoms with Crippen LogP contribution in [0.5, 0.6) is 11.5 Å². The van der Waals surface area contributed by atoms with Crippen LogP contribution in [0.3, 0.4) is 0 Å². The van der Waals surface area contributed by atoms with Gasteiger partial charge in [0.05, 0.1) is 13.7 Å². The maximum absolute atomic E-state index is 9.34. The van der Waals surface area contributed by atoms with Crippen molar-refractivity contribution in [2.24, 2.45) is 0 Å². The molecule has 0 radical (unpaired) electrons. The Balaban J connectivity index is 2.19. The molecule has 1 atom stereocenters. The second-order valence-electron chi connectivity index (χ2n) is 5.54. The SMILES string of the molecule is CC[C@@H](CO)NCc1cc(Cl)cc(OC)c1OCc1ccccc1. The molecule has 4 nitrogen and oxygen atoms in total. The molecular formula is C19H24ClNO3. The number of methoxy groups -OCH3 is 1. The van der Waals surface area contributed by atoms with E-state index in [2.05, 4.69) is 5.32 Å². The number of hydrogen-bond donors (Lipinski definition) is 2. The van der Waals surface area contributed by atoms with Gasteiger partial charge in [-0.15, -0.1) is 0 Å². The number of hydrogen-bond acceptors (Lipinski definition) is 4. The maximum atomic E-state index is 9.34. The highest BCUT2D eigenvalue weighted by Crippen LogP contribution is 2.35. The smallest absolute Gasteiger partial charge is 0.166 e. The minimum atomic E-state index is 0.0388. The molecule has 0 aliphatic heterocycles. The topological polar surface area (TPSA) is 50.7 Å². The van der Waals surface area contributed by atoms with Crippen molar-refractivity contribution in [1.29, 1.82) is 0 Å². The van der Waals surface area contributed by atoms with Crippen LogP contribution in [0.25, 0.3) is 0 Å². The van der Waals surface area contributed by atoms with Crippen LogP contribution in [-0.4, -0.2) is 24.9 Å². The van der Waals surface area contributed by atoms with Gasteiger partial charge >= 0.3 is 0 Å². The van der Waals surface area contributed by atoms with Gasteiger partial charge in [-0.1, -0.05) is 48.9 Å². The van der Waals surface area contributed by atoms with Crippen molar-refractivity contribution in [3.8, 4) is 11.5 Å². The average molecular weight is 350 g/mol. The highest BCUT2D eigenvalue weighted by atomic mass is 35.5. The van der Waals surface area contributed by atoms with Gasteiger partial charge in [0.1, 0.15) is 6.61 Å². The first-order valence-corrected chi connectivity index (χ1v) is 8.43. The van der Waals surface area contributed by atoms with Crippen molar-refractivity contribution in [2.45, 2.75) is 32.5 Å². The van der Waals surface area contributed by atoms with Crippen LogP contribution in [0.4, 0.5) is 0 Å². The Kier molecular flexibility index (Phi) is 7.37. The zero-order valence-corrected chi connectivity index (χ0v) is 14.8. The molecule has 24 heavy (non-hydrogen) atoms. The highest BCUT2D eigenvalue weighted by molar-refractivity contribution is 6.30. The number of halogens is 1. The van der Waals surface area contributed by atoms with E-state index in [4.69, 9.17) is 21.1 Å². The summed E-state index contributed by atoms with van der Waals surface area (Å²) in [6, 6.07) is 13.6. The summed E-state index contributed by atoms with van der Waals surface area (Å²) in [6.07, 6.45) is 0.842. The fourth-order valence-electron chi connectivity index (χ4n) is 2.39. The van der Waals surface area contributed by atoms with E-state index < -0.39 is 0 Å². The lowest BCUT2D eigenvalue weighted by Gasteiger charge is -2.19. The predicted octanol–water partition coefficient (Wildman–Crippen LogP) is 3.79. The van der Waals surface area contributed by atoms with E-state index >= 15 is 0 Å². The fourth-order valence-corrected chi connectivity index (χ4v) is 2.62. The lowest BCUT2D eigenvalue weighted by atomic mass is 10.1. The molecule has 0 saturated heterocycles. The van der Waals surface area contributed by atoms with E-state index in [1.54, 1.807) is 13.2 Å². The molecule has 2 N–H and O–H groups in total. The molecule has 0 heterocycles. The summed E-state index contributed by atoms with van der Waals surface area (Å²) in [5.41, 5.74) is 1.98. The molecule has 0 saturated carbocycles. The van der Waals surface area contributed by atoms with Crippen molar-refractivity contribution in [3.63, 3.8) is 0 Å². The number of benzene rings is 2. The Bertz CT molecular complexity index is 630. The van der Waals surface area contributed by atoms with Crippen LogP contribution < -0.4 is 14.8 Å². The number of aliphatic hydroxyl groups excluding tert-OH is 1. The van der Waals surface area contributed by atoms with Crippen molar-refractivity contribution < 1.29 is 14.6 Å². The molecular weight excluding hydrogens is 326 g/mol. The molecule has 0 aromatic heterocycles. The van der Waals surface area contributed by atoms with Gasteiger partial charge in [0.2, 0.25) is 0 Å². The Morgan fingerprint density at radius 3 is 2.58 bits per heavy atom. The lowest BCUT2D eigenvalue weighted by Crippen LogP contribution is -2.31. The summed E-state index contributed by atoms with van der Waals surface area (Å²) in [5.74, 6) is 1.28. The molecule has 2 aromatic carbocycles. The summed E-state index contributed by atoms with van der Waals surface area (Å²) in [7, 11) is 1.60. The average Bonchev–Trinajstić information content (AvgIpc) is 2.62. The van der Waals surface area contributed by atoms with Crippen LogP contribution in [-0.2, 0) is 13.2 Å². The Labute approximate surface area is 148 Å². The molecule has 0 fully saturated rings. The number of nitrogens with one attached hydrogen (secondary N) is 1. The van der Waals surface area contributed by atoms with E-state index in [1.165, 1.54) is 0 Å². The van der Waals surface area contributed by atoms with E-state index in [0.717, 1.165) is 17.5 Å². The predicted molar refractivity (Wildman–Crippen MR) is 96.8 cm³/mol. The minimum Gasteiger partial charge on any atom is -0.493 e. The van der Waals surface area contributed by atoms with E-state index in [9.17, 15) is 5.11 Å². The second kappa shape index (κ2) is 9.52. The Hall–Kier alpha value is -1.75. The largest absolute Gasteiger partial charge is 0.493 e. The van der Waals surface area contributed by atoms with Gasteiger partial charge in [0.15, 0.2) is 11.5 Å². The first-order chi connectivity index (χ1) is 11.7. The normalized spacial score (nSPS) is 12.0. The molecule has 130 valence electrons. The third-order valence-electron chi connectivity index (χ3n) is 3.84. The van der Waals surface area contributed by atoms with Crippen molar-refractivity contribution >= 4 is 11.6 Å². The summed E-state index contributed by atoms with van der Waals surface area (Å²) >= 11 is 6.19. The summed E-state index contributed by atoms with van der Waals surface area (Å²) in [6.45, 7) is 3.11. The van der Waals surface area contributed by atoms with Crippen LogP contribution >= 0.6 is 11.6 Å². The standard InChI is InChI=1S/C19H24ClNO3/c1-3-17(12-22)21-11-15-9-16(20)10-18(23-2)19(15)24-13-14-7-5-4-6-8-14/h4-10,17,21-22H,3,11-13H2,1-2H3/t17-/m0/s1. The number of ether oxygens (including phenoxy) is 2. The van der Waals surface area contributed by atoms with Crippen LogP contribution in [0.15, 0.2) is 42.5 Å². The monoisotopic (exact) mass is 349 g/mol. The van der Waals surface area contributed by atoms with E-state index in [-0.39, 0.29) is 12.6 Å². The first-order valence-electron chi connectivity index (χ1n) is 8.05. The van der Waals surface area contributed by atoms with Gasteiger partial charge in [-0.05, 0) is 18.1 Å². The van der Waals surface area contributed by atoms with Gasteiger partial charge in [-0.3, -0.25) is 0 Å². The minimum absolute atomic E-state index is 0.0388. The summed E-state index contributed by atoms with van der Waals surface area (Å²) in [5, 5.41) is 13.2. The second-order valence-corrected chi connectivity index (χ2v) is 5.98. The van der Waals surface area contributed by atoms with E-state index in [1.807, 2.05) is 43.3 Å². The molecule has 0 aliphatic carbocycles. The molecule has 0 amide bonds. The highest BCUT2D eigenvalue weighted by Gasteiger charge is 2.14. The molecule has 0 bridgehead atoms. The van der Waals surface area contributed by atoms with Crippen molar-refractivity contribution in [3.05, 3.63) is 58.6 Å². The fraction of sp³-hybridized carbons (Fsp3) is 0.368. The maximum Gasteiger partial charge on any atom is 0.166 e. The van der Waals surface area contributed by atoms with Gasteiger partial charge in [0, 0.05) is 29.2 Å². The van der Waals surface area contributed by atoms with Crippen LogP contribution in [0, 0.1) is 0 Å². The van der Waals surface area contributed by atoms with Crippen molar-refractivity contribution in [1.82, 2.24) is 5.32 Å². The molecule has 0 unspecified atom stereocenters. The number of rotatable bonds is 9. The van der Waals surface area contributed by atoms with Crippen LogP contribution in [0.1, 0.15) is 24.5 Å². The van der Waals surface area contributed by atoms with Gasteiger partial charge in [-0.2, -0.15) is 0 Å². The van der Waals surface area contributed by atoms with E-state index in [0.29, 0.717) is 29.7 Å². The van der Waals surface area contributed by atoms with Gasteiger partial charge in [-0.25, -0.2) is 0 Å². The van der Waals surface area contributed by atoms with Gasteiger partial charge in [0.25, 0.3) is 0 Å². The first kappa shape index (κ1) is 18.6. The molecule has 2 rings (SSSR count). The molecule has 0 spiro atoms. The molecule has 2 aromatic rings. The zero-order chi connectivity index (χ0) is 17.4. The summed E-state index contributed by atoms with van der Waals surface area (Å²) < 4.78 is 11.4. The third kappa shape index (κ3) is 5.13. The van der Waals surface area contributed by atoms with Crippen LogP contribution in [0.2, 0.25) is 5.02 Å².